The second kappa shape index (κ2) is 4.24. The fraction of sp³-hybridized carbons (Fsp3) is 0.222. The summed E-state index contributed by atoms with van der Waals surface area (Å²) in [4.78, 5) is 0. The number of benzene rings is 1. The van der Waals surface area contributed by atoms with Crippen LogP contribution in [0, 0.1) is 11.3 Å². The van der Waals surface area contributed by atoms with Crippen LogP contribution in [-0.4, -0.2) is 0 Å². The third-order valence-electron chi connectivity index (χ3n) is 1.62. The summed E-state index contributed by atoms with van der Waals surface area (Å²) < 4.78 is 0.966. The van der Waals surface area contributed by atoms with E-state index in [0.717, 1.165) is 10.0 Å². The molecule has 1 aromatic carbocycles. The molecule has 0 aliphatic rings. The predicted molar refractivity (Wildman–Crippen MR) is 51.3 cm³/mol. The van der Waals surface area contributed by atoms with E-state index in [2.05, 4.69) is 15.9 Å². The fourth-order valence-electron chi connectivity index (χ4n) is 0.984. The van der Waals surface area contributed by atoms with Crippen LogP contribution in [0.15, 0.2) is 28.7 Å². The van der Waals surface area contributed by atoms with Gasteiger partial charge in [-0.1, -0.05) is 34.1 Å². The molecule has 12 heavy (non-hydrogen) atoms. The van der Waals surface area contributed by atoms with E-state index in [1.807, 2.05) is 30.3 Å². The maximum absolute atomic E-state index is 8.44. The minimum absolute atomic E-state index is 0.189. The SMILES string of the molecule is N#CCC(N)c1ccccc1Br. The highest BCUT2D eigenvalue weighted by atomic mass is 79.9. The minimum atomic E-state index is -0.189. The Morgan fingerprint density at radius 2 is 2.17 bits per heavy atom. The Bertz CT molecular complexity index is 304. The standard InChI is InChI=1S/C9H9BrN2/c10-8-4-2-1-3-7(8)9(12)5-6-11/h1-4,9H,5,12H2. The molecule has 1 rings (SSSR count). The van der Waals surface area contributed by atoms with Gasteiger partial charge in [0.2, 0.25) is 0 Å². The normalized spacial score (nSPS) is 12.1. The Kier molecular flexibility index (Phi) is 3.27. The largest absolute Gasteiger partial charge is 0.323 e. The molecule has 0 saturated heterocycles. The van der Waals surface area contributed by atoms with Crippen molar-refractivity contribution in [3.8, 4) is 6.07 Å². The summed E-state index contributed by atoms with van der Waals surface area (Å²) in [5.74, 6) is 0. The predicted octanol–water partition coefficient (Wildman–Crippen LogP) is 2.36. The van der Waals surface area contributed by atoms with Gasteiger partial charge in [0.15, 0.2) is 0 Å². The Morgan fingerprint density at radius 1 is 1.50 bits per heavy atom. The molecule has 0 bridgehead atoms. The van der Waals surface area contributed by atoms with E-state index < -0.39 is 0 Å². The molecule has 2 N–H and O–H groups in total. The lowest BCUT2D eigenvalue weighted by Gasteiger charge is -2.08. The second-order valence-electron chi connectivity index (χ2n) is 2.49. The highest BCUT2D eigenvalue weighted by molar-refractivity contribution is 9.10. The average Bonchev–Trinajstić information content (AvgIpc) is 2.05. The molecule has 0 aliphatic carbocycles. The molecule has 0 fully saturated rings. The average molecular weight is 225 g/mol. The van der Waals surface area contributed by atoms with E-state index in [4.69, 9.17) is 11.0 Å². The first kappa shape index (κ1) is 9.24. The van der Waals surface area contributed by atoms with Crippen LogP contribution in [0.1, 0.15) is 18.0 Å². The van der Waals surface area contributed by atoms with Gasteiger partial charge in [0.25, 0.3) is 0 Å². The van der Waals surface area contributed by atoms with E-state index in [9.17, 15) is 0 Å². The van der Waals surface area contributed by atoms with Crippen molar-refractivity contribution in [3.05, 3.63) is 34.3 Å². The van der Waals surface area contributed by atoms with E-state index in [1.165, 1.54) is 0 Å². The van der Waals surface area contributed by atoms with E-state index >= 15 is 0 Å². The van der Waals surface area contributed by atoms with E-state index in [-0.39, 0.29) is 6.04 Å². The number of hydrogen-bond acceptors (Lipinski definition) is 2. The van der Waals surface area contributed by atoms with Crippen molar-refractivity contribution in [1.82, 2.24) is 0 Å². The van der Waals surface area contributed by atoms with Gasteiger partial charge in [-0.15, -0.1) is 0 Å². The molecule has 0 aromatic heterocycles. The van der Waals surface area contributed by atoms with Crippen molar-refractivity contribution in [2.75, 3.05) is 0 Å². The second-order valence-corrected chi connectivity index (χ2v) is 3.34. The molecule has 0 heterocycles. The van der Waals surface area contributed by atoms with Gasteiger partial charge < -0.3 is 5.73 Å². The maximum Gasteiger partial charge on any atom is 0.0641 e. The first-order chi connectivity index (χ1) is 5.75. The van der Waals surface area contributed by atoms with Crippen molar-refractivity contribution < 1.29 is 0 Å². The summed E-state index contributed by atoms with van der Waals surface area (Å²) in [6.45, 7) is 0. The first-order valence-corrected chi connectivity index (χ1v) is 4.42. The molecule has 1 aromatic rings. The molecule has 1 unspecified atom stereocenters. The Balaban J connectivity index is 2.88. The van der Waals surface area contributed by atoms with Crippen LogP contribution in [0.3, 0.4) is 0 Å². The third-order valence-corrected chi connectivity index (χ3v) is 2.34. The number of rotatable bonds is 2. The molecule has 2 nitrogen and oxygen atoms in total. The zero-order valence-electron chi connectivity index (χ0n) is 6.50. The monoisotopic (exact) mass is 224 g/mol. The van der Waals surface area contributed by atoms with E-state index in [1.54, 1.807) is 0 Å². The summed E-state index contributed by atoms with van der Waals surface area (Å²) in [6, 6.07) is 9.54. The Labute approximate surface area is 80.1 Å². The number of hydrogen-bond donors (Lipinski definition) is 1. The topological polar surface area (TPSA) is 49.8 Å². The summed E-state index contributed by atoms with van der Waals surface area (Å²) in [6.07, 6.45) is 0.350. The van der Waals surface area contributed by atoms with Gasteiger partial charge in [0.1, 0.15) is 0 Å². The molecular weight excluding hydrogens is 216 g/mol. The number of nitriles is 1. The molecule has 0 aliphatic heterocycles. The van der Waals surface area contributed by atoms with Crippen LogP contribution >= 0.6 is 15.9 Å². The van der Waals surface area contributed by atoms with Gasteiger partial charge in [0, 0.05) is 10.5 Å². The van der Waals surface area contributed by atoms with Crippen LogP contribution in [0.5, 0.6) is 0 Å². The molecule has 0 spiro atoms. The molecule has 0 amide bonds. The van der Waals surface area contributed by atoms with Crippen molar-refractivity contribution in [2.24, 2.45) is 5.73 Å². The number of nitrogens with zero attached hydrogens (tertiary/aromatic N) is 1. The molecule has 62 valence electrons. The summed E-state index contributed by atoms with van der Waals surface area (Å²) >= 11 is 3.38. The van der Waals surface area contributed by atoms with Crippen LogP contribution in [0.2, 0.25) is 0 Å². The zero-order chi connectivity index (χ0) is 8.97. The molecule has 1 atom stereocenters. The molecule has 0 saturated carbocycles. The van der Waals surface area contributed by atoms with Crippen molar-refractivity contribution in [3.63, 3.8) is 0 Å². The maximum atomic E-state index is 8.44. The van der Waals surface area contributed by atoms with Crippen molar-refractivity contribution >= 4 is 15.9 Å². The van der Waals surface area contributed by atoms with Crippen molar-refractivity contribution in [2.45, 2.75) is 12.5 Å². The summed E-state index contributed by atoms with van der Waals surface area (Å²) in [5, 5.41) is 8.44. The van der Waals surface area contributed by atoms with Crippen LogP contribution in [-0.2, 0) is 0 Å². The number of halogens is 1. The summed E-state index contributed by atoms with van der Waals surface area (Å²) in [7, 11) is 0. The third kappa shape index (κ3) is 2.07. The smallest absolute Gasteiger partial charge is 0.0641 e. The zero-order valence-corrected chi connectivity index (χ0v) is 8.08. The van der Waals surface area contributed by atoms with Gasteiger partial charge >= 0.3 is 0 Å². The van der Waals surface area contributed by atoms with Gasteiger partial charge in [-0.05, 0) is 11.6 Å². The molecular formula is C9H9BrN2. The van der Waals surface area contributed by atoms with Gasteiger partial charge in [0.05, 0.1) is 12.5 Å². The van der Waals surface area contributed by atoms with Gasteiger partial charge in [-0.3, -0.25) is 0 Å². The van der Waals surface area contributed by atoms with Gasteiger partial charge in [-0.2, -0.15) is 5.26 Å². The molecule has 3 heteroatoms. The van der Waals surface area contributed by atoms with Crippen LogP contribution < -0.4 is 5.73 Å². The first-order valence-electron chi connectivity index (χ1n) is 3.62. The minimum Gasteiger partial charge on any atom is -0.323 e. The van der Waals surface area contributed by atoms with Crippen LogP contribution in [0.4, 0.5) is 0 Å². The lowest BCUT2D eigenvalue weighted by atomic mass is 10.1. The van der Waals surface area contributed by atoms with Gasteiger partial charge in [-0.25, -0.2) is 0 Å². The van der Waals surface area contributed by atoms with E-state index in [0.29, 0.717) is 6.42 Å². The highest BCUT2D eigenvalue weighted by Crippen LogP contribution is 2.22. The Morgan fingerprint density at radius 3 is 2.75 bits per heavy atom. The highest BCUT2D eigenvalue weighted by Gasteiger charge is 2.07. The lowest BCUT2D eigenvalue weighted by Crippen LogP contribution is -2.09. The van der Waals surface area contributed by atoms with Crippen molar-refractivity contribution in [1.29, 1.82) is 5.26 Å². The fourth-order valence-corrected chi connectivity index (χ4v) is 1.56. The summed E-state index contributed by atoms with van der Waals surface area (Å²) in [5.41, 5.74) is 6.74. The quantitative estimate of drug-likeness (QED) is 0.839. The Hall–Kier alpha value is -0.850. The molecule has 0 radical (unpaired) electrons. The number of nitrogens with two attached hydrogens (primary N) is 1. The van der Waals surface area contributed by atoms with Crippen LogP contribution in [0.25, 0.3) is 0 Å². The lowest BCUT2D eigenvalue weighted by molar-refractivity contribution is 0.745.